The maximum Gasteiger partial charge on any atom is 0.253 e. The number of aryl methyl sites for hydroxylation is 1. The summed E-state index contributed by atoms with van der Waals surface area (Å²) in [6.07, 6.45) is 4.68. The number of imidazole rings is 1. The van der Waals surface area contributed by atoms with Crippen LogP contribution in [0.5, 0.6) is 0 Å². The number of nitrogens with zero attached hydrogens (tertiary/aromatic N) is 2. The lowest BCUT2D eigenvalue weighted by Crippen LogP contribution is -2.24. The molecule has 7 nitrogen and oxygen atoms in total. The van der Waals surface area contributed by atoms with E-state index < -0.39 is 10.0 Å². The Morgan fingerprint density at radius 2 is 1.81 bits per heavy atom. The first kappa shape index (κ1) is 18.7. The number of rotatable bonds is 6. The van der Waals surface area contributed by atoms with Gasteiger partial charge in [0.25, 0.3) is 5.91 Å². The molecule has 8 heteroatoms. The van der Waals surface area contributed by atoms with Crippen molar-refractivity contribution in [2.24, 2.45) is 0 Å². The maximum atomic E-state index is 12.5. The highest BCUT2D eigenvalue weighted by atomic mass is 32.2. The molecule has 27 heavy (non-hydrogen) atoms. The van der Waals surface area contributed by atoms with Gasteiger partial charge in [-0.15, -0.1) is 0 Å². The van der Waals surface area contributed by atoms with E-state index in [1.54, 1.807) is 30.5 Å². The van der Waals surface area contributed by atoms with Gasteiger partial charge in [0.1, 0.15) is 5.82 Å². The van der Waals surface area contributed by atoms with E-state index in [-0.39, 0.29) is 17.2 Å². The smallest absolute Gasteiger partial charge is 0.253 e. The first-order valence-electron chi connectivity index (χ1n) is 8.28. The van der Waals surface area contributed by atoms with Crippen LogP contribution in [-0.2, 0) is 16.6 Å². The van der Waals surface area contributed by atoms with Gasteiger partial charge in [0.2, 0.25) is 10.0 Å². The average molecular weight is 384 g/mol. The van der Waals surface area contributed by atoms with Crippen LogP contribution in [0.4, 0.5) is 5.69 Å². The monoisotopic (exact) mass is 384 g/mol. The Balaban J connectivity index is 1.69. The molecule has 0 aliphatic carbocycles. The highest BCUT2D eigenvalue weighted by Crippen LogP contribution is 2.17. The summed E-state index contributed by atoms with van der Waals surface area (Å²) < 4.78 is 27.2. The van der Waals surface area contributed by atoms with Crippen LogP contribution in [0.15, 0.2) is 60.9 Å². The Hall–Kier alpha value is -3.13. The first-order valence-corrected chi connectivity index (χ1v) is 10.2. The third-order valence-electron chi connectivity index (χ3n) is 3.96. The lowest BCUT2D eigenvalue weighted by molar-refractivity contribution is 0.0952. The SMILES string of the molecule is Cc1nccn1-c1ccc(CNC(=O)c2ccccc2NS(C)(=O)=O)cc1. The lowest BCUT2D eigenvalue weighted by atomic mass is 10.1. The number of carbonyl (C=O) groups excluding carboxylic acids is 1. The van der Waals surface area contributed by atoms with Gasteiger partial charge in [0, 0.05) is 24.6 Å². The van der Waals surface area contributed by atoms with Gasteiger partial charge in [-0.1, -0.05) is 24.3 Å². The van der Waals surface area contributed by atoms with Gasteiger partial charge in [-0.25, -0.2) is 13.4 Å². The molecule has 140 valence electrons. The minimum Gasteiger partial charge on any atom is -0.348 e. The van der Waals surface area contributed by atoms with Crippen molar-refractivity contribution in [3.05, 3.63) is 77.9 Å². The summed E-state index contributed by atoms with van der Waals surface area (Å²) in [4.78, 5) is 16.7. The average Bonchev–Trinajstić information content (AvgIpc) is 3.05. The van der Waals surface area contributed by atoms with Crippen LogP contribution in [0.3, 0.4) is 0 Å². The summed E-state index contributed by atoms with van der Waals surface area (Å²) in [5, 5.41) is 2.81. The zero-order valence-corrected chi connectivity index (χ0v) is 15.8. The van der Waals surface area contributed by atoms with Gasteiger partial charge in [-0.3, -0.25) is 9.52 Å². The molecule has 0 unspecified atom stereocenters. The van der Waals surface area contributed by atoms with E-state index in [2.05, 4.69) is 15.0 Å². The minimum atomic E-state index is -3.47. The molecule has 0 radical (unpaired) electrons. The van der Waals surface area contributed by atoms with Gasteiger partial charge in [0.05, 0.1) is 17.5 Å². The van der Waals surface area contributed by atoms with E-state index in [0.717, 1.165) is 23.3 Å². The van der Waals surface area contributed by atoms with Crippen LogP contribution in [0.2, 0.25) is 0 Å². The number of anilines is 1. The summed E-state index contributed by atoms with van der Waals surface area (Å²) >= 11 is 0. The van der Waals surface area contributed by atoms with Gasteiger partial charge >= 0.3 is 0 Å². The van der Waals surface area contributed by atoms with Crippen molar-refractivity contribution in [1.29, 1.82) is 0 Å². The number of para-hydroxylation sites is 1. The Morgan fingerprint density at radius 1 is 1.11 bits per heavy atom. The molecule has 1 amide bonds. The number of nitrogens with one attached hydrogen (secondary N) is 2. The molecule has 0 fully saturated rings. The highest BCUT2D eigenvalue weighted by molar-refractivity contribution is 7.92. The highest BCUT2D eigenvalue weighted by Gasteiger charge is 2.13. The third kappa shape index (κ3) is 4.73. The molecule has 1 heterocycles. The van der Waals surface area contributed by atoms with Gasteiger partial charge in [0.15, 0.2) is 0 Å². The number of carbonyl (C=O) groups is 1. The largest absolute Gasteiger partial charge is 0.348 e. The quantitative estimate of drug-likeness (QED) is 0.683. The molecule has 3 aromatic rings. The van der Waals surface area contributed by atoms with Crippen LogP contribution in [0.1, 0.15) is 21.7 Å². The molecule has 0 atom stereocenters. The Bertz CT molecular complexity index is 1060. The number of aromatic nitrogens is 2. The number of amides is 1. The second-order valence-corrected chi connectivity index (χ2v) is 7.86. The zero-order valence-electron chi connectivity index (χ0n) is 15.0. The minimum absolute atomic E-state index is 0.253. The van der Waals surface area contributed by atoms with Gasteiger partial charge in [-0.2, -0.15) is 0 Å². The normalized spacial score (nSPS) is 11.2. The van der Waals surface area contributed by atoms with E-state index in [4.69, 9.17) is 0 Å². The number of benzene rings is 2. The van der Waals surface area contributed by atoms with Crippen molar-refractivity contribution in [2.45, 2.75) is 13.5 Å². The molecular weight excluding hydrogens is 364 g/mol. The zero-order chi connectivity index (χ0) is 19.4. The lowest BCUT2D eigenvalue weighted by Gasteiger charge is -2.11. The summed E-state index contributed by atoms with van der Waals surface area (Å²) in [6, 6.07) is 14.2. The molecule has 2 aromatic carbocycles. The Kier molecular flexibility index (Phi) is 5.27. The maximum absolute atomic E-state index is 12.5. The van der Waals surface area contributed by atoms with Crippen molar-refractivity contribution >= 4 is 21.6 Å². The molecule has 1 aromatic heterocycles. The van der Waals surface area contributed by atoms with Crippen LogP contribution in [0, 0.1) is 6.92 Å². The van der Waals surface area contributed by atoms with Crippen molar-refractivity contribution in [1.82, 2.24) is 14.9 Å². The molecule has 0 bridgehead atoms. The molecule has 0 aliphatic rings. The van der Waals surface area contributed by atoms with Crippen LogP contribution >= 0.6 is 0 Å². The molecule has 2 N–H and O–H groups in total. The second-order valence-electron chi connectivity index (χ2n) is 6.11. The fourth-order valence-electron chi connectivity index (χ4n) is 2.67. The number of sulfonamides is 1. The summed E-state index contributed by atoms with van der Waals surface area (Å²) in [7, 11) is -3.47. The van der Waals surface area contributed by atoms with Crippen molar-refractivity contribution < 1.29 is 13.2 Å². The molecule has 3 rings (SSSR count). The molecule has 0 aliphatic heterocycles. The van der Waals surface area contributed by atoms with E-state index in [9.17, 15) is 13.2 Å². The number of hydrogen-bond acceptors (Lipinski definition) is 4. The van der Waals surface area contributed by atoms with E-state index in [1.807, 2.05) is 42.0 Å². The van der Waals surface area contributed by atoms with Gasteiger partial charge < -0.3 is 9.88 Å². The number of hydrogen-bond donors (Lipinski definition) is 2. The molecular formula is C19H20N4O3S. The molecule has 0 saturated carbocycles. The Morgan fingerprint density at radius 3 is 2.44 bits per heavy atom. The fraction of sp³-hybridized carbons (Fsp3) is 0.158. The standard InChI is InChI=1S/C19H20N4O3S/c1-14-20-11-12-23(14)16-9-7-15(8-10-16)13-21-19(24)17-5-3-4-6-18(17)22-27(2,25)26/h3-12,22H,13H2,1-2H3,(H,21,24). The third-order valence-corrected chi connectivity index (χ3v) is 4.55. The predicted octanol–water partition coefficient (Wildman–Crippen LogP) is 2.48. The van der Waals surface area contributed by atoms with Crippen LogP contribution in [0.25, 0.3) is 5.69 Å². The van der Waals surface area contributed by atoms with E-state index in [1.165, 1.54) is 0 Å². The van der Waals surface area contributed by atoms with Crippen molar-refractivity contribution in [3.8, 4) is 5.69 Å². The summed E-state index contributed by atoms with van der Waals surface area (Å²) in [5.74, 6) is 0.544. The second kappa shape index (κ2) is 7.63. The summed E-state index contributed by atoms with van der Waals surface area (Å²) in [5.41, 5.74) is 2.44. The fourth-order valence-corrected chi connectivity index (χ4v) is 3.25. The van der Waals surface area contributed by atoms with Crippen molar-refractivity contribution in [3.63, 3.8) is 0 Å². The van der Waals surface area contributed by atoms with E-state index >= 15 is 0 Å². The molecule has 0 saturated heterocycles. The first-order chi connectivity index (χ1) is 12.8. The van der Waals surface area contributed by atoms with E-state index in [0.29, 0.717) is 6.54 Å². The predicted molar refractivity (Wildman–Crippen MR) is 104 cm³/mol. The van der Waals surface area contributed by atoms with Crippen molar-refractivity contribution in [2.75, 3.05) is 11.0 Å². The Labute approximate surface area is 158 Å². The van der Waals surface area contributed by atoms with Gasteiger partial charge in [-0.05, 0) is 36.8 Å². The topological polar surface area (TPSA) is 93.1 Å². The summed E-state index contributed by atoms with van der Waals surface area (Å²) in [6.45, 7) is 2.26. The van der Waals surface area contributed by atoms with Crippen LogP contribution < -0.4 is 10.0 Å². The molecule has 0 spiro atoms. The van der Waals surface area contributed by atoms with Crippen LogP contribution in [-0.4, -0.2) is 30.1 Å².